The molecule has 4 nitrogen and oxygen atoms in total. The molecule has 4 aromatic rings. The third-order valence-electron chi connectivity index (χ3n) is 7.97. The number of carbonyl (C=O) groups excluding carboxylic acids is 1. The molecule has 5 rings (SSSR count). The van der Waals surface area contributed by atoms with Gasteiger partial charge in [-0.2, -0.15) is 12.6 Å². The van der Waals surface area contributed by atoms with Crippen LogP contribution in [0.2, 0.25) is 5.02 Å². The van der Waals surface area contributed by atoms with E-state index in [1.54, 1.807) is 0 Å². The second-order valence-corrected chi connectivity index (χ2v) is 13.2. The smallest absolute Gasteiger partial charge is 0.550 e. The molecule has 0 unspecified atom stereocenters. The Morgan fingerprint density at radius 2 is 1.66 bits per heavy atom. The molecule has 1 fully saturated rings. The maximum absolute atomic E-state index is 10.4. The summed E-state index contributed by atoms with van der Waals surface area (Å²) >= 11 is 10.1. The topological polar surface area (TPSA) is 73.2 Å². The van der Waals surface area contributed by atoms with Crippen LogP contribution in [0.25, 0.3) is 23.1 Å². The fraction of sp³-hybridized carbons (Fsp3) is 0.400. The number of unbranched alkanes of at least 4 members (excludes halogenated alkanes) is 1. The van der Waals surface area contributed by atoms with Crippen LogP contribution in [0.5, 0.6) is 0 Å². The molecule has 47 heavy (non-hydrogen) atoms. The molecule has 1 heterocycles. The molecule has 1 saturated carbocycles. The van der Waals surface area contributed by atoms with Gasteiger partial charge in [0.05, 0.1) is 16.8 Å². The standard InChI is InChI=1S/C29H28ClNO.C6H10O2S.C4H10.CH4.Na/c1-29(2,32)27-12-4-3-10-23(27)11-6-9-21-7-5-8-22(19-21)13-17-26-18-15-24-14-16-25(30)20-28(24)31-26;7-5(8)3-6(4-9)1-2-6;1-3-4-2;;/h3-5,7-8,10,12-20,32H,6,9,11H2,1-2H3;9H,1-4H2,(H,7,8);3-4H2,1-2H3;1H4;/q;;;;+1/p-1/b17-13+;;;;. The van der Waals surface area contributed by atoms with Gasteiger partial charge in [-0.05, 0) is 110 Å². The van der Waals surface area contributed by atoms with E-state index in [1.165, 1.54) is 24.0 Å². The Labute approximate surface area is 315 Å². The number of carboxylic acids is 1. The maximum Gasteiger partial charge on any atom is 1.00 e. The SMILES string of the molecule is C.CC(C)(O)c1ccccc1CCCc1cccc(/C=C/c2ccc3ccc(Cl)cc3n2)c1.CCCC.O=C([O-])CC1(CS)CC1.[Na+]. The van der Waals surface area contributed by atoms with Crippen molar-refractivity contribution in [1.82, 2.24) is 4.98 Å². The minimum Gasteiger partial charge on any atom is -0.550 e. The number of benzene rings is 3. The minimum absolute atomic E-state index is 0. The Hall–Kier alpha value is -2.12. The number of pyridine rings is 1. The normalized spacial score (nSPS) is 12.9. The Morgan fingerprint density at radius 3 is 2.26 bits per heavy atom. The van der Waals surface area contributed by atoms with Gasteiger partial charge in [0, 0.05) is 16.4 Å². The van der Waals surface area contributed by atoms with Crippen LogP contribution in [-0.2, 0) is 23.2 Å². The number of hydrogen-bond donors (Lipinski definition) is 2. The summed E-state index contributed by atoms with van der Waals surface area (Å²) in [5.41, 5.74) is 5.72. The van der Waals surface area contributed by atoms with E-state index < -0.39 is 11.6 Å². The van der Waals surface area contributed by atoms with Crippen LogP contribution in [0, 0.1) is 5.41 Å². The van der Waals surface area contributed by atoms with Crippen molar-refractivity contribution in [2.45, 2.75) is 92.1 Å². The third kappa shape index (κ3) is 14.9. The Kier molecular flexibility index (Phi) is 19.2. The second-order valence-electron chi connectivity index (χ2n) is 12.4. The third-order valence-corrected chi connectivity index (χ3v) is 8.88. The van der Waals surface area contributed by atoms with Crippen LogP contribution in [0.15, 0.2) is 78.9 Å². The van der Waals surface area contributed by atoms with Crippen molar-refractivity contribution in [3.8, 4) is 0 Å². The largest absolute Gasteiger partial charge is 1.00 e. The first-order chi connectivity index (χ1) is 21.5. The van der Waals surface area contributed by atoms with E-state index >= 15 is 0 Å². The molecule has 0 aliphatic heterocycles. The average molecular weight is 684 g/mol. The molecule has 1 aliphatic carbocycles. The fourth-order valence-corrected chi connectivity index (χ4v) is 5.52. The summed E-state index contributed by atoms with van der Waals surface area (Å²) < 4.78 is 0. The van der Waals surface area contributed by atoms with E-state index in [9.17, 15) is 15.0 Å². The number of nitrogens with zero attached hydrogens (tertiary/aromatic N) is 1. The fourth-order valence-electron chi connectivity index (χ4n) is 4.92. The first kappa shape index (κ1) is 42.9. The molecule has 0 amide bonds. The Morgan fingerprint density at radius 1 is 0.979 bits per heavy atom. The molecule has 0 saturated heterocycles. The predicted octanol–water partition coefficient (Wildman–Crippen LogP) is 6.74. The van der Waals surface area contributed by atoms with Gasteiger partial charge < -0.3 is 15.0 Å². The van der Waals surface area contributed by atoms with Gasteiger partial charge in [0.15, 0.2) is 0 Å². The molecule has 3 aromatic carbocycles. The van der Waals surface area contributed by atoms with Crippen LogP contribution in [0.3, 0.4) is 0 Å². The molecule has 0 radical (unpaired) electrons. The molecule has 1 aromatic heterocycles. The number of thiol groups is 1. The minimum atomic E-state index is -0.943. The number of rotatable bonds is 11. The van der Waals surface area contributed by atoms with Crippen molar-refractivity contribution < 1.29 is 44.6 Å². The summed E-state index contributed by atoms with van der Waals surface area (Å²) in [6, 6.07) is 26.7. The summed E-state index contributed by atoms with van der Waals surface area (Å²) in [7, 11) is 0. The van der Waals surface area contributed by atoms with Crippen molar-refractivity contribution in [1.29, 1.82) is 0 Å². The molecule has 248 valence electrons. The number of aromatic nitrogens is 1. The van der Waals surface area contributed by atoms with Crippen molar-refractivity contribution >= 4 is 53.3 Å². The first-order valence-electron chi connectivity index (χ1n) is 15.9. The number of hydrogen-bond acceptors (Lipinski definition) is 5. The van der Waals surface area contributed by atoms with E-state index in [-0.39, 0.29) is 48.8 Å². The number of fused-ring (bicyclic) bond motifs is 1. The quantitative estimate of drug-likeness (QED) is 0.136. The van der Waals surface area contributed by atoms with Crippen LogP contribution >= 0.6 is 24.2 Å². The van der Waals surface area contributed by atoms with Crippen molar-refractivity contribution in [2.75, 3.05) is 5.75 Å². The zero-order valence-corrected chi connectivity index (χ0v) is 31.7. The molecule has 0 atom stereocenters. The van der Waals surface area contributed by atoms with E-state index in [1.807, 2.05) is 62.4 Å². The van der Waals surface area contributed by atoms with E-state index in [2.05, 4.69) is 69.0 Å². The number of aryl methyl sites for hydroxylation is 2. The zero-order valence-electron chi connectivity index (χ0n) is 28.1. The van der Waals surface area contributed by atoms with Crippen molar-refractivity contribution in [3.05, 3.63) is 112 Å². The van der Waals surface area contributed by atoms with Crippen LogP contribution < -0.4 is 34.7 Å². The van der Waals surface area contributed by atoms with Crippen molar-refractivity contribution in [2.24, 2.45) is 5.41 Å². The van der Waals surface area contributed by atoms with Crippen LogP contribution in [0.1, 0.15) is 102 Å². The maximum atomic E-state index is 10.4. The molecule has 1 N–H and O–H groups in total. The number of aliphatic carboxylic acids is 1. The number of halogens is 1. The molecule has 7 heteroatoms. The number of carbonyl (C=O) groups is 1. The molecule has 1 aliphatic rings. The van der Waals surface area contributed by atoms with Gasteiger partial charge in [-0.25, -0.2) is 4.98 Å². The summed E-state index contributed by atoms with van der Waals surface area (Å²) in [5.74, 6) is -0.261. The summed E-state index contributed by atoms with van der Waals surface area (Å²) in [6.45, 7) is 8.06. The first-order valence-corrected chi connectivity index (χ1v) is 16.9. The Balaban J connectivity index is 0.000000620. The molecular formula is C40H51ClNNaO3S. The number of aliphatic hydroxyl groups is 1. The molecule has 0 spiro atoms. The van der Waals surface area contributed by atoms with Crippen LogP contribution in [0.4, 0.5) is 0 Å². The second kappa shape index (κ2) is 21.1. The van der Waals surface area contributed by atoms with E-state index in [0.717, 1.165) is 59.8 Å². The summed E-state index contributed by atoms with van der Waals surface area (Å²) in [5, 5.41) is 22.3. The average Bonchev–Trinajstić information content (AvgIpc) is 3.79. The predicted molar refractivity (Wildman–Crippen MR) is 198 cm³/mol. The van der Waals surface area contributed by atoms with Gasteiger partial charge >= 0.3 is 29.6 Å². The van der Waals surface area contributed by atoms with Gasteiger partial charge in [-0.3, -0.25) is 0 Å². The van der Waals surface area contributed by atoms with Gasteiger partial charge in [-0.1, -0.05) is 112 Å². The number of carboxylic acid groups (broad SMARTS) is 1. The monoisotopic (exact) mass is 683 g/mol. The van der Waals surface area contributed by atoms with Crippen molar-refractivity contribution in [3.63, 3.8) is 0 Å². The molecule has 0 bridgehead atoms. The van der Waals surface area contributed by atoms with E-state index in [0.29, 0.717) is 10.8 Å². The van der Waals surface area contributed by atoms with Gasteiger partial charge in [-0.15, -0.1) is 0 Å². The van der Waals surface area contributed by atoms with Gasteiger partial charge in [0.1, 0.15) is 0 Å². The van der Waals surface area contributed by atoms with Gasteiger partial charge in [0.2, 0.25) is 0 Å². The van der Waals surface area contributed by atoms with Gasteiger partial charge in [0.25, 0.3) is 0 Å². The molecular weight excluding hydrogens is 633 g/mol. The summed E-state index contributed by atoms with van der Waals surface area (Å²) in [4.78, 5) is 14.8. The Bertz CT molecular complexity index is 1560. The van der Waals surface area contributed by atoms with Crippen LogP contribution in [-0.4, -0.2) is 21.8 Å². The van der Waals surface area contributed by atoms with E-state index in [4.69, 9.17) is 16.6 Å². The zero-order chi connectivity index (χ0) is 32.9. The summed E-state index contributed by atoms with van der Waals surface area (Å²) in [6.07, 6.45) is 12.0.